The van der Waals surface area contributed by atoms with Gasteiger partial charge >= 0.3 is 5.97 Å². The van der Waals surface area contributed by atoms with Crippen LogP contribution in [0.2, 0.25) is 0 Å². The fourth-order valence-corrected chi connectivity index (χ4v) is 0.877. The molecule has 0 atom stereocenters. The summed E-state index contributed by atoms with van der Waals surface area (Å²) in [6.07, 6.45) is 2.35. The summed E-state index contributed by atoms with van der Waals surface area (Å²) in [7, 11) is 0. The number of carbonyl (C=O) groups excluding carboxylic acids is 1. The van der Waals surface area contributed by atoms with Crippen molar-refractivity contribution in [3.05, 3.63) is 36.4 Å². The second kappa shape index (κ2) is 10.8. The molecule has 15 heavy (non-hydrogen) atoms. The highest BCUT2D eigenvalue weighted by Crippen LogP contribution is 1.91. The molecule has 0 spiro atoms. The molecule has 0 saturated heterocycles. The molecule has 2 nitrogen and oxygen atoms in total. The molecule has 0 amide bonds. The van der Waals surface area contributed by atoms with Gasteiger partial charge in [0.05, 0.1) is 6.61 Å². The topological polar surface area (TPSA) is 26.3 Å². The number of rotatable bonds is 4. The Kier molecular flexibility index (Phi) is 9.83. The molecule has 0 radical (unpaired) electrons. The Labute approximate surface area is 92.3 Å². The van der Waals surface area contributed by atoms with Gasteiger partial charge in [-0.3, -0.25) is 4.79 Å². The van der Waals surface area contributed by atoms with Gasteiger partial charge in [-0.1, -0.05) is 50.2 Å². The molecule has 0 aliphatic heterocycles. The largest absolute Gasteiger partial charge is 0.466 e. The maximum absolute atomic E-state index is 10.6. The highest BCUT2D eigenvalue weighted by atomic mass is 16.5. The van der Waals surface area contributed by atoms with E-state index in [0.717, 1.165) is 12.8 Å². The Morgan fingerprint density at radius 3 is 1.73 bits per heavy atom. The van der Waals surface area contributed by atoms with Crippen molar-refractivity contribution >= 4 is 5.97 Å². The van der Waals surface area contributed by atoms with E-state index in [0.29, 0.717) is 13.0 Å². The minimum atomic E-state index is -0.0700. The van der Waals surface area contributed by atoms with E-state index in [1.165, 1.54) is 0 Å². The van der Waals surface area contributed by atoms with Crippen LogP contribution in [0.4, 0.5) is 0 Å². The van der Waals surface area contributed by atoms with Gasteiger partial charge in [-0.25, -0.2) is 0 Å². The third-order valence-corrected chi connectivity index (χ3v) is 1.59. The summed E-state index contributed by atoms with van der Waals surface area (Å²) in [5.74, 6) is -0.0700. The molecule has 84 valence electrons. The van der Waals surface area contributed by atoms with Crippen LogP contribution in [0, 0.1) is 0 Å². The Morgan fingerprint density at radius 2 is 1.40 bits per heavy atom. The SMILES string of the molecule is CCCOC(=O)CCC.c1ccccc1. The van der Waals surface area contributed by atoms with Crippen LogP contribution in [0.1, 0.15) is 33.1 Å². The molecule has 0 aliphatic carbocycles. The van der Waals surface area contributed by atoms with E-state index in [1.807, 2.05) is 50.2 Å². The quantitative estimate of drug-likeness (QED) is 0.709. The monoisotopic (exact) mass is 208 g/mol. The first-order valence-electron chi connectivity index (χ1n) is 5.46. The lowest BCUT2D eigenvalue weighted by Gasteiger charge is -1.99. The van der Waals surface area contributed by atoms with Crippen LogP contribution >= 0.6 is 0 Å². The van der Waals surface area contributed by atoms with Crippen molar-refractivity contribution in [1.29, 1.82) is 0 Å². The summed E-state index contributed by atoms with van der Waals surface area (Å²) in [4.78, 5) is 10.6. The van der Waals surface area contributed by atoms with E-state index in [2.05, 4.69) is 0 Å². The average molecular weight is 208 g/mol. The number of esters is 1. The van der Waals surface area contributed by atoms with Crippen molar-refractivity contribution in [2.24, 2.45) is 0 Å². The Balaban J connectivity index is 0.000000280. The smallest absolute Gasteiger partial charge is 0.305 e. The summed E-state index contributed by atoms with van der Waals surface area (Å²) < 4.78 is 4.79. The van der Waals surface area contributed by atoms with Crippen LogP contribution in [0.15, 0.2) is 36.4 Å². The Hall–Kier alpha value is -1.31. The molecule has 1 aromatic carbocycles. The van der Waals surface area contributed by atoms with Crippen molar-refractivity contribution in [1.82, 2.24) is 0 Å². The molecule has 1 aromatic rings. The first-order valence-corrected chi connectivity index (χ1v) is 5.46. The van der Waals surface area contributed by atoms with E-state index in [-0.39, 0.29) is 5.97 Å². The molecule has 0 aromatic heterocycles. The van der Waals surface area contributed by atoms with Crippen LogP contribution in [-0.4, -0.2) is 12.6 Å². The van der Waals surface area contributed by atoms with Gasteiger partial charge in [-0.05, 0) is 12.8 Å². The van der Waals surface area contributed by atoms with Gasteiger partial charge in [-0.2, -0.15) is 0 Å². The third-order valence-electron chi connectivity index (χ3n) is 1.59. The first kappa shape index (κ1) is 13.7. The summed E-state index contributed by atoms with van der Waals surface area (Å²) in [6, 6.07) is 12.0. The zero-order chi connectivity index (χ0) is 11.4. The molecule has 0 saturated carbocycles. The van der Waals surface area contributed by atoms with Gasteiger partial charge in [-0.15, -0.1) is 0 Å². The molecule has 0 aliphatic rings. The molecule has 0 fully saturated rings. The lowest BCUT2D eigenvalue weighted by atomic mass is 10.3. The van der Waals surface area contributed by atoms with Gasteiger partial charge in [0.25, 0.3) is 0 Å². The minimum absolute atomic E-state index is 0.0700. The summed E-state index contributed by atoms with van der Waals surface area (Å²) in [5, 5.41) is 0. The normalized spacial score (nSPS) is 8.67. The number of carbonyl (C=O) groups is 1. The number of benzene rings is 1. The fourth-order valence-electron chi connectivity index (χ4n) is 0.877. The maximum atomic E-state index is 10.6. The molecule has 0 heterocycles. The standard InChI is InChI=1S/C7H14O2.C6H6/c1-3-5-7(8)9-6-4-2;1-2-4-6-5-3-1/h3-6H2,1-2H3;1-6H. The maximum Gasteiger partial charge on any atom is 0.305 e. The molecular formula is C13H20O2. The van der Waals surface area contributed by atoms with Crippen molar-refractivity contribution in [3.8, 4) is 0 Å². The summed E-state index contributed by atoms with van der Waals surface area (Å²) in [5.41, 5.74) is 0. The predicted molar refractivity (Wildman–Crippen MR) is 62.6 cm³/mol. The van der Waals surface area contributed by atoms with Gasteiger partial charge in [0, 0.05) is 6.42 Å². The van der Waals surface area contributed by atoms with Gasteiger partial charge in [0.1, 0.15) is 0 Å². The van der Waals surface area contributed by atoms with Crippen molar-refractivity contribution in [2.45, 2.75) is 33.1 Å². The zero-order valence-corrected chi connectivity index (χ0v) is 9.61. The van der Waals surface area contributed by atoms with E-state index >= 15 is 0 Å². The highest BCUT2D eigenvalue weighted by Gasteiger charge is 1.96. The van der Waals surface area contributed by atoms with Crippen molar-refractivity contribution < 1.29 is 9.53 Å². The Morgan fingerprint density at radius 1 is 0.933 bits per heavy atom. The fraction of sp³-hybridized carbons (Fsp3) is 0.462. The number of hydrogen-bond donors (Lipinski definition) is 0. The molecule has 2 heteroatoms. The number of ether oxygens (including phenoxy) is 1. The average Bonchev–Trinajstić information content (AvgIpc) is 2.30. The van der Waals surface area contributed by atoms with Gasteiger partial charge in [0.2, 0.25) is 0 Å². The second-order valence-electron chi connectivity index (χ2n) is 3.13. The lowest BCUT2D eigenvalue weighted by Crippen LogP contribution is -2.03. The Bertz CT molecular complexity index is 205. The molecule has 0 bridgehead atoms. The van der Waals surface area contributed by atoms with E-state index in [4.69, 9.17) is 4.74 Å². The van der Waals surface area contributed by atoms with Gasteiger partial charge in [0.15, 0.2) is 0 Å². The minimum Gasteiger partial charge on any atom is -0.466 e. The van der Waals surface area contributed by atoms with Crippen molar-refractivity contribution in [3.63, 3.8) is 0 Å². The zero-order valence-electron chi connectivity index (χ0n) is 9.61. The lowest BCUT2D eigenvalue weighted by molar-refractivity contribution is -0.143. The van der Waals surface area contributed by atoms with Crippen LogP contribution in [0.3, 0.4) is 0 Å². The van der Waals surface area contributed by atoms with E-state index < -0.39 is 0 Å². The van der Waals surface area contributed by atoms with Crippen molar-refractivity contribution in [2.75, 3.05) is 6.61 Å². The van der Waals surface area contributed by atoms with Gasteiger partial charge < -0.3 is 4.74 Å². The third kappa shape index (κ3) is 10.6. The van der Waals surface area contributed by atoms with E-state index in [9.17, 15) is 4.79 Å². The second-order valence-corrected chi connectivity index (χ2v) is 3.13. The molecule has 0 unspecified atom stereocenters. The van der Waals surface area contributed by atoms with Crippen LogP contribution in [0.25, 0.3) is 0 Å². The molecular weight excluding hydrogens is 188 g/mol. The molecule has 0 N–H and O–H groups in total. The van der Waals surface area contributed by atoms with E-state index in [1.54, 1.807) is 0 Å². The molecule has 1 rings (SSSR count). The summed E-state index contributed by atoms with van der Waals surface area (Å²) >= 11 is 0. The van der Waals surface area contributed by atoms with Crippen LogP contribution < -0.4 is 0 Å². The summed E-state index contributed by atoms with van der Waals surface area (Å²) in [6.45, 7) is 4.52. The van der Waals surface area contributed by atoms with Crippen LogP contribution in [0.5, 0.6) is 0 Å². The predicted octanol–water partition coefficient (Wildman–Crippen LogP) is 3.43. The number of hydrogen-bond acceptors (Lipinski definition) is 2. The highest BCUT2D eigenvalue weighted by molar-refractivity contribution is 5.69. The van der Waals surface area contributed by atoms with Crippen LogP contribution in [-0.2, 0) is 9.53 Å². The first-order chi connectivity index (χ1) is 7.31.